The van der Waals surface area contributed by atoms with E-state index >= 15 is 0 Å². The second-order valence-corrected chi connectivity index (χ2v) is 2.00. The first kappa shape index (κ1) is 14.2. The van der Waals surface area contributed by atoms with Gasteiger partial charge in [0.05, 0.1) is 0 Å². The molecule has 9 heteroatoms. The third-order valence-electron chi connectivity index (χ3n) is 0.384. The Labute approximate surface area is 77.2 Å². The fourth-order valence-corrected chi connectivity index (χ4v) is 0.194. The molecule has 0 saturated carbocycles. The topological polar surface area (TPSA) is 83.5 Å². The average Bonchev–Trinajstić information content (AvgIpc) is 2.12. The summed E-state index contributed by atoms with van der Waals surface area (Å²) >= 11 is 0. The van der Waals surface area contributed by atoms with Crippen molar-refractivity contribution in [2.24, 2.45) is 0 Å². The van der Waals surface area contributed by atoms with Crippen molar-refractivity contribution in [1.82, 2.24) is 0 Å². The maximum Gasteiger partial charge on any atom is 1.00 e. The minimum Gasteiger partial charge on any atom is -0.749 e. The molecule has 0 saturated heterocycles. The molecular formula is C3H2F2LiO5P. The van der Waals surface area contributed by atoms with Crippen LogP contribution in [0, 0.1) is 0 Å². The van der Waals surface area contributed by atoms with Crippen molar-refractivity contribution in [1.29, 1.82) is 0 Å². The SMILES string of the molecule is O=P([O-])(F)F.O=c1occo1.[Li+]. The van der Waals surface area contributed by atoms with E-state index in [0.29, 0.717) is 0 Å². The van der Waals surface area contributed by atoms with Gasteiger partial charge >= 0.3 is 32.7 Å². The molecule has 0 aliphatic heterocycles. The second kappa shape index (κ2) is 6.20. The van der Waals surface area contributed by atoms with Crippen LogP contribution in [0.25, 0.3) is 0 Å². The predicted octanol–water partition coefficient (Wildman–Crippen LogP) is -2.37. The van der Waals surface area contributed by atoms with Crippen LogP contribution >= 0.6 is 7.99 Å². The van der Waals surface area contributed by atoms with Gasteiger partial charge in [-0.15, -0.1) is 0 Å². The molecule has 1 aromatic heterocycles. The Hall–Kier alpha value is -0.343. The summed E-state index contributed by atoms with van der Waals surface area (Å²) in [6, 6.07) is 0. The summed E-state index contributed by atoms with van der Waals surface area (Å²) < 4.78 is 36.6. The van der Waals surface area contributed by atoms with Gasteiger partial charge in [0.25, 0.3) is 0 Å². The van der Waals surface area contributed by atoms with Crippen molar-refractivity contribution in [3.05, 3.63) is 23.1 Å². The smallest absolute Gasteiger partial charge is 0.749 e. The van der Waals surface area contributed by atoms with Gasteiger partial charge in [-0.05, 0) is 0 Å². The van der Waals surface area contributed by atoms with Gasteiger partial charge in [-0.2, -0.15) is 8.39 Å². The molecule has 0 atom stereocenters. The summed E-state index contributed by atoms with van der Waals surface area (Å²) in [5.41, 5.74) is 0. The predicted molar refractivity (Wildman–Crippen MR) is 27.1 cm³/mol. The monoisotopic (exact) mass is 194 g/mol. The number of halogens is 2. The first-order valence-electron chi connectivity index (χ1n) is 2.12. The Bertz CT molecular complexity index is 264. The van der Waals surface area contributed by atoms with Crippen LogP contribution in [0.5, 0.6) is 0 Å². The fraction of sp³-hybridized carbons (Fsp3) is 0. The van der Waals surface area contributed by atoms with E-state index in [9.17, 15) is 13.2 Å². The average molecular weight is 194 g/mol. The van der Waals surface area contributed by atoms with Crippen LogP contribution in [0.15, 0.2) is 26.2 Å². The van der Waals surface area contributed by atoms with Gasteiger partial charge in [-0.3, -0.25) is 4.57 Å². The molecule has 1 aromatic rings. The van der Waals surface area contributed by atoms with E-state index in [1.807, 2.05) is 0 Å². The van der Waals surface area contributed by atoms with Gasteiger partial charge in [-0.25, -0.2) is 4.79 Å². The van der Waals surface area contributed by atoms with Crippen LogP contribution in [0.3, 0.4) is 0 Å². The van der Waals surface area contributed by atoms with Gasteiger partial charge < -0.3 is 13.7 Å². The van der Waals surface area contributed by atoms with Crippen molar-refractivity contribution in [2.75, 3.05) is 0 Å². The molecule has 0 aromatic carbocycles. The Morgan fingerprint density at radius 1 is 1.33 bits per heavy atom. The zero-order chi connectivity index (χ0) is 8.91. The van der Waals surface area contributed by atoms with Crippen molar-refractivity contribution in [3.63, 3.8) is 0 Å². The van der Waals surface area contributed by atoms with E-state index in [1.54, 1.807) is 0 Å². The summed E-state index contributed by atoms with van der Waals surface area (Å²) in [5, 5.41) is 0. The minimum absolute atomic E-state index is 0. The Morgan fingerprint density at radius 3 is 1.67 bits per heavy atom. The molecule has 12 heavy (non-hydrogen) atoms. The van der Waals surface area contributed by atoms with Gasteiger partial charge in [0.1, 0.15) is 12.5 Å². The Kier molecular flexibility index (Phi) is 7.34. The van der Waals surface area contributed by atoms with E-state index in [4.69, 9.17) is 9.46 Å². The fourth-order valence-electron chi connectivity index (χ4n) is 0.194. The summed E-state index contributed by atoms with van der Waals surface area (Å²) in [5.74, 6) is -0.657. The normalized spacial score (nSPS) is 9.25. The number of hydrogen-bond donors (Lipinski definition) is 0. The number of rotatable bonds is 0. The second-order valence-electron chi connectivity index (χ2n) is 1.17. The van der Waals surface area contributed by atoms with Gasteiger partial charge in [0, 0.05) is 0 Å². The van der Waals surface area contributed by atoms with E-state index < -0.39 is 13.8 Å². The molecular weight excluding hydrogens is 192 g/mol. The van der Waals surface area contributed by atoms with Crippen molar-refractivity contribution < 1.29 is 45.5 Å². The van der Waals surface area contributed by atoms with Crippen molar-refractivity contribution >= 4 is 7.99 Å². The Balaban J connectivity index is 0. The summed E-state index contributed by atoms with van der Waals surface area (Å²) in [7, 11) is -5.89. The molecule has 0 aliphatic rings. The molecule has 64 valence electrons. The molecule has 0 bridgehead atoms. The molecule has 1 heterocycles. The van der Waals surface area contributed by atoms with Gasteiger partial charge in [-0.1, -0.05) is 0 Å². The van der Waals surface area contributed by atoms with E-state index in [1.165, 1.54) is 12.5 Å². The molecule has 1 rings (SSSR count). The van der Waals surface area contributed by atoms with Crippen LogP contribution in [0.4, 0.5) is 8.39 Å². The summed E-state index contributed by atoms with van der Waals surface area (Å²) in [6.45, 7) is 0. The molecule has 0 N–H and O–H groups in total. The van der Waals surface area contributed by atoms with Crippen LogP contribution < -0.4 is 29.6 Å². The van der Waals surface area contributed by atoms with E-state index in [-0.39, 0.29) is 18.9 Å². The van der Waals surface area contributed by atoms with Crippen LogP contribution in [0.1, 0.15) is 0 Å². The van der Waals surface area contributed by atoms with Gasteiger partial charge in [0.2, 0.25) is 0 Å². The summed E-state index contributed by atoms with van der Waals surface area (Å²) in [4.78, 5) is 18.1. The van der Waals surface area contributed by atoms with E-state index in [2.05, 4.69) is 8.83 Å². The Morgan fingerprint density at radius 2 is 1.58 bits per heavy atom. The van der Waals surface area contributed by atoms with E-state index in [0.717, 1.165) is 0 Å². The first-order valence-corrected chi connectivity index (χ1v) is 3.53. The molecule has 0 aliphatic carbocycles. The molecule has 5 nitrogen and oxygen atoms in total. The number of hydrogen-bond acceptors (Lipinski definition) is 5. The van der Waals surface area contributed by atoms with Crippen LogP contribution in [-0.2, 0) is 4.57 Å². The van der Waals surface area contributed by atoms with Crippen LogP contribution in [0.2, 0.25) is 0 Å². The summed E-state index contributed by atoms with van der Waals surface area (Å²) in [6.07, 6.45) is 2.37. The van der Waals surface area contributed by atoms with Crippen molar-refractivity contribution in [2.45, 2.75) is 0 Å². The molecule has 0 fully saturated rings. The van der Waals surface area contributed by atoms with Crippen LogP contribution in [-0.4, -0.2) is 0 Å². The maximum absolute atomic E-state index is 10.0. The first-order chi connectivity index (χ1) is 4.89. The van der Waals surface area contributed by atoms with Crippen molar-refractivity contribution in [3.8, 4) is 0 Å². The molecule has 0 spiro atoms. The quantitative estimate of drug-likeness (QED) is 0.340. The zero-order valence-corrected chi connectivity index (χ0v) is 6.79. The molecule has 0 amide bonds. The largest absolute Gasteiger partial charge is 1.00 e. The molecule has 0 unspecified atom stereocenters. The van der Waals surface area contributed by atoms with Gasteiger partial charge in [0.15, 0.2) is 0 Å². The zero-order valence-electron chi connectivity index (χ0n) is 5.90. The maximum atomic E-state index is 10.0. The standard InChI is InChI=1S/C3H2O3.F2HO2P.Li/c4-3-5-1-2-6-3;1-5(2,3)4;/h1-2H;(H,3,4);/q;;+1/p-1. The molecule has 0 radical (unpaired) electrons. The third kappa shape index (κ3) is 16.3. The third-order valence-corrected chi connectivity index (χ3v) is 0.384. The minimum atomic E-state index is -5.89.